The van der Waals surface area contributed by atoms with E-state index in [4.69, 9.17) is 0 Å². The molecule has 90 valence electrons. The average Bonchev–Trinajstić information content (AvgIpc) is 2.69. The van der Waals surface area contributed by atoms with Gasteiger partial charge in [0, 0.05) is 11.6 Å². The van der Waals surface area contributed by atoms with E-state index in [2.05, 4.69) is 17.2 Å². The van der Waals surface area contributed by atoms with Crippen molar-refractivity contribution >= 4 is 17.2 Å². The lowest BCUT2D eigenvalue weighted by Gasteiger charge is -2.28. The molecule has 0 fully saturated rings. The third-order valence-corrected chi connectivity index (χ3v) is 3.52. The molecular formula is C11H19N3OS. The van der Waals surface area contributed by atoms with E-state index < -0.39 is 0 Å². The minimum atomic E-state index is -0.346. The van der Waals surface area contributed by atoms with Crippen molar-refractivity contribution < 1.29 is 4.79 Å². The molecule has 1 amide bonds. The molecule has 1 rings (SSSR count). The summed E-state index contributed by atoms with van der Waals surface area (Å²) in [7, 11) is 3.76. The number of thiazole rings is 1. The molecule has 4 nitrogen and oxygen atoms in total. The van der Waals surface area contributed by atoms with E-state index in [1.807, 2.05) is 31.3 Å². The summed E-state index contributed by atoms with van der Waals surface area (Å²) in [6.45, 7) is 4.47. The second kappa shape index (κ2) is 5.41. The second-order valence-corrected chi connectivity index (χ2v) is 5.20. The summed E-state index contributed by atoms with van der Waals surface area (Å²) >= 11 is 1.58. The van der Waals surface area contributed by atoms with Gasteiger partial charge in [-0.15, -0.1) is 11.3 Å². The van der Waals surface area contributed by atoms with Crippen molar-refractivity contribution in [2.75, 3.05) is 20.6 Å². The van der Waals surface area contributed by atoms with Crippen LogP contribution in [0.25, 0.3) is 0 Å². The fourth-order valence-electron chi connectivity index (χ4n) is 1.42. The number of likely N-dealkylation sites (N-methyl/N-ethyl adjacent to an activating group) is 1. The van der Waals surface area contributed by atoms with Crippen molar-refractivity contribution in [3.05, 3.63) is 16.6 Å². The fraction of sp³-hybridized carbons (Fsp3) is 0.636. The van der Waals surface area contributed by atoms with E-state index in [0.717, 1.165) is 11.4 Å². The highest BCUT2D eigenvalue weighted by Crippen LogP contribution is 2.25. The first kappa shape index (κ1) is 13.1. The smallest absolute Gasteiger partial charge is 0.234 e. The molecule has 1 N–H and O–H groups in total. The predicted octanol–water partition coefficient (Wildman–Crippen LogP) is 1.45. The monoisotopic (exact) mass is 241 g/mol. The van der Waals surface area contributed by atoms with Crippen LogP contribution in [0.3, 0.4) is 0 Å². The zero-order valence-electron chi connectivity index (χ0n) is 10.3. The Labute approximate surface area is 101 Å². The summed E-state index contributed by atoms with van der Waals surface area (Å²) in [5.74, 6) is 0.0320. The highest BCUT2D eigenvalue weighted by atomic mass is 32.1. The van der Waals surface area contributed by atoms with Gasteiger partial charge < -0.3 is 10.2 Å². The highest BCUT2D eigenvalue weighted by Gasteiger charge is 2.28. The average molecular weight is 241 g/mol. The largest absolute Gasteiger partial charge is 0.343 e. The highest BCUT2D eigenvalue weighted by molar-refractivity contribution is 7.09. The number of rotatable bonds is 5. The standard InChI is InChI=1S/C11H19N3OS/c1-5-11(2,10-12-6-7-16-10)13-9(15)8-14(3)4/h6-7H,5,8H2,1-4H3,(H,13,15). The van der Waals surface area contributed by atoms with Crippen molar-refractivity contribution in [3.8, 4) is 0 Å². The number of hydrogen-bond donors (Lipinski definition) is 1. The van der Waals surface area contributed by atoms with Crippen LogP contribution in [0.4, 0.5) is 0 Å². The van der Waals surface area contributed by atoms with E-state index in [-0.39, 0.29) is 11.4 Å². The van der Waals surface area contributed by atoms with Crippen LogP contribution in [-0.2, 0) is 10.3 Å². The third kappa shape index (κ3) is 3.28. The Hall–Kier alpha value is -0.940. The first-order valence-corrected chi connectivity index (χ1v) is 6.21. The quantitative estimate of drug-likeness (QED) is 0.848. The number of carbonyl (C=O) groups excluding carboxylic acids is 1. The molecule has 0 aliphatic heterocycles. The summed E-state index contributed by atoms with van der Waals surface area (Å²) in [5.41, 5.74) is -0.346. The SMILES string of the molecule is CCC(C)(NC(=O)CN(C)C)c1nccs1. The van der Waals surface area contributed by atoms with Crippen LogP contribution in [0, 0.1) is 0 Å². The van der Waals surface area contributed by atoms with Gasteiger partial charge in [0.05, 0.1) is 12.1 Å². The molecule has 0 aliphatic rings. The van der Waals surface area contributed by atoms with Crippen molar-refractivity contribution in [1.29, 1.82) is 0 Å². The lowest BCUT2D eigenvalue weighted by molar-refractivity contribution is -0.123. The number of nitrogens with zero attached hydrogens (tertiary/aromatic N) is 2. The minimum absolute atomic E-state index is 0.0320. The van der Waals surface area contributed by atoms with Gasteiger partial charge in [-0.3, -0.25) is 4.79 Å². The summed E-state index contributed by atoms with van der Waals surface area (Å²) < 4.78 is 0. The minimum Gasteiger partial charge on any atom is -0.343 e. The molecule has 1 unspecified atom stereocenters. The maximum absolute atomic E-state index is 11.7. The van der Waals surface area contributed by atoms with Crippen LogP contribution in [0.2, 0.25) is 0 Å². The zero-order chi connectivity index (χ0) is 12.2. The van der Waals surface area contributed by atoms with Gasteiger partial charge in [0.25, 0.3) is 0 Å². The van der Waals surface area contributed by atoms with E-state index in [0.29, 0.717) is 6.54 Å². The number of aromatic nitrogens is 1. The molecule has 1 aromatic rings. The van der Waals surface area contributed by atoms with Gasteiger partial charge in [-0.05, 0) is 27.4 Å². The number of hydrogen-bond acceptors (Lipinski definition) is 4. The van der Waals surface area contributed by atoms with E-state index in [9.17, 15) is 4.79 Å². The predicted molar refractivity (Wildman–Crippen MR) is 66.5 cm³/mol. The van der Waals surface area contributed by atoms with E-state index in [1.54, 1.807) is 17.5 Å². The van der Waals surface area contributed by atoms with Gasteiger partial charge >= 0.3 is 0 Å². The molecule has 1 heterocycles. The molecule has 1 atom stereocenters. The van der Waals surface area contributed by atoms with Gasteiger partial charge in [0.15, 0.2) is 0 Å². The molecular weight excluding hydrogens is 222 g/mol. The van der Waals surface area contributed by atoms with Gasteiger partial charge in [-0.2, -0.15) is 0 Å². The van der Waals surface area contributed by atoms with Crippen molar-refractivity contribution in [3.63, 3.8) is 0 Å². The van der Waals surface area contributed by atoms with E-state index in [1.165, 1.54) is 0 Å². The first-order valence-electron chi connectivity index (χ1n) is 5.33. The van der Waals surface area contributed by atoms with Gasteiger partial charge in [0.2, 0.25) is 5.91 Å². The van der Waals surface area contributed by atoms with Crippen LogP contribution in [0.5, 0.6) is 0 Å². The van der Waals surface area contributed by atoms with E-state index >= 15 is 0 Å². The first-order chi connectivity index (χ1) is 7.48. The van der Waals surface area contributed by atoms with Gasteiger partial charge in [0.1, 0.15) is 5.01 Å². The lowest BCUT2D eigenvalue weighted by atomic mass is 10.00. The lowest BCUT2D eigenvalue weighted by Crippen LogP contribution is -2.46. The maximum atomic E-state index is 11.7. The van der Waals surface area contributed by atoms with Crippen LogP contribution < -0.4 is 5.32 Å². The molecule has 5 heteroatoms. The normalized spacial score (nSPS) is 14.8. The summed E-state index contributed by atoms with van der Waals surface area (Å²) in [6, 6.07) is 0. The molecule has 1 aromatic heterocycles. The Balaban J connectivity index is 2.71. The van der Waals surface area contributed by atoms with Crippen LogP contribution in [-0.4, -0.2) is 36.4 Å². The maximum Gasteiger partial charge on any atom is 0.234 e. The number of carbonyl (C=O) groups is 1. The Kier molecular flexibility index (Phi) is 4.44. The van der Waals surface area contributed by atoms with Crippen molar-refractivity contribution in [2.24, 2.45) is 0 Å². The van der Waals surface area contributed by atoms with Crippen LogP contribution >= 0.6 is 11.3 Å². The summed E-state index contributed by atoms with van der Waals surface area (Å²) in [6.07, 6.45) is 2.60. The second-order valence-electron chi connectivity index (χ2n) is 4.31. The van der Waals surface area contributed by atoms with Crippen molar-refractivity contribution in [2.45, 2.75) is 25.8 Å². The van der Waals surface area contributed by atoms with Gasteiger partial charge in [-0.1, -0.05) is 6.92 Å². The summed E-state index contributed by atoms with van der Waals surface area (Å²) in [5, 5.41) is 5.94. The molecule has 0 saturated heterocycles. The van der Waals surface area contributed by atoms with Crippen LogP contribution in [0.1, 0.15) is 25.3 Å². The molecule has 0 aliphatic carbocycles. The molecule has 0 radical (unpaired) electrons. The fourth-order valence-corrected chi connectivity index (χ4v) is 2.25. The Morgan fingerprint density at radius 1 is 1.62 bits per heavy atom. The molecule has 0 aromatic carbocycles. The Morgan fingerprint density at radius 2 is 2.31 bits per heavy atom. The van der Waals surface area contributed by atoms with Crippen molar-refractivity contribution in [1.82, 2.24) is 15.2 Å². The molecule has 0 bridgehead atoms. The molecule has 16 heavy (non-hydrogen) atoms. The topological polar surface area (TPSA) is 45.2 Å². The Bertz CT molecular complexity index is 337. The molecule has 0 saturated carbocycles. The number of nitrogens with one attached hydrogen (secondary N) is 1. The molecule has 0 spiro atoms. The zero-order valence-corrected chi connectivity index (χ0v) is 11.1. The summed E-state index contributed by atoms with van der Waals surface area (Å²) in [4.78, 5) is 17.9. The third-order valence-electron chi connectivity index (χ3n) is 2.49. The van der Waals surface area contributed by atoms with Gasteiger partial charge in [-0.25, -0.2) is 4.98 Å². The van der Waals surface area contributed by atoms with Crippen LogP contribution in [0.15, 0.2) is 11.6 Å². The Morgan fingerprint density at radius 3 is 2.75 bits per heavy atom. The number of amides is 1.